The van der Waals surface area contributed by atoms with Crippen molar-refractivity contribution in [1.29, 1.82) is 0 Å². The Morgan fingerprint density at radius 2 is 1.71 bits per heavy atom. The van der Waals surface area contributed by atoms with Gasteiger partial charge in [0.2, 0.25) is 5.91 Å². The van der Waals surface area contributed by atoms with E-state index in [2.05, 4.69) is 26.3 Å². The lowest BCUT2D eigenvalue weighted by Crippen LogP contribution is -2.52. The van der Waals surface area contributed by atoms with Crippen molar-refractivity contribution in [3.05, 3.63) is 72.0 Å². The summed E-state index contributed by atoms with van der Waals surface area (Å²) in [4.78, 5) is 28.4. The Bertz CT molecular complexity index is 1050. The molecule has 8 heteroatoms. The third-order valence-electron chi connectivity index (χ3n) is 6.12. The molecule has 0 bridgehead atoms. The van der Waals surface area contributed by atoms with Gasteiger partial charge in [0, 0.05) is 13.5 Å². The third kappa shape index (κ3) is 6.59. The fourth-order valence-electron chi connectivity index (χ4n) is 4.06. The summed E-state index contributed by atoms with van der Waals surface area (Å²) in [5, 5.41) is 0. The van der Waals surface area contributed by atoms with Crippen LogP contribution in [0.4, 0.5) is 4.79 Å². The summed E-state index contributed by atoms with van der Waals surface area (Å²) in [6.07, 6.45) is 8.79. The average Bonchev–Trinajstić information content (AvgIpc) is 2.78. The second-order valence-electron chi connectivity index (χ2n) is 8.72. The Kier molecular flexibility index (Phi) is 9.27. The first-order valence-corrected chi connectivity index (χ1v) is 13.2. The average molecular weight is 489 g/mol. The summed E-state index contributed by atoms with van der Waals surface area (Å²) < 4.78 is 29.6. The number of piperazine rings is 1. The number of allylic oxidation sites excluding steroid dienone is 5. The van der Waals surface area contributed by atoms with Crippen molar-refractivity contribution in [1.82, 2.24) is 9.80 Å². The molecule has 1 aliphatic heterocycles. The highest BCUT2D eigenvalue weighted by Crippen LogP contribution is 2.31. The van der Waals surface area contributed by atoms with Crippen LogP contribution >= 0.6 is 0 Å². The monoisotopic (exact) mass is 488 g/mol. The molecule has 0 spiro atoms. The van der Waals surface area contributed by atoms with Crippen LogP contribution in [-0.2, 0) is 19.4 Å². The van der Waals surface area contributed by atoms with E-state index in [1.165, 1.54) is 28.9 Å². The van der Waals surface area contributed by atoms with Gasteiger partial charge in [-0.3, -0.25) is 9.69 Å². The first-order chi connectivity index (χ1) is 15.9. The van der Waals surface area contributed by atoms with Crippen LogP contribution in [-0.4, -0.2) is 54.7 Å². The zero-order valence-electron chi connectivity index (χ0n) is 20.5. The minimum Gasteiger partial charge on any atom is -0.446 e. The molecule has 2 aliphatic rings. The summed E-state index contributed by atoms with van der Waals surface area (Å²) in [7, 11) is -3.41. The molecule has 0 aromatic rings. The van der Waals surface area contributed by atoms with E-state index >= 15 is 0 Å². The molecule has 1 heterocycles. The van der Waals surface area contributed by atoms with Crippen LogP contribution in [0.5, 0.6) is 0 Å². The molecule has 0 N–H and O–H groups in total. The fraction of sp³-hybridized carbons (Fsp3) is 0.462. The van der Waals surface area contributed by atoms with Crippen LogP contribution in [0.3, 0.4) is 0 Å². The molecule has 2 rings (SSSR count). The number of amides is 2. The van der Waals surface area contributed by atoms with E-state index in [4.69, 9.17) is 4.74 Å². The van der Waals surface area contributed by atoms with Gasteiger partial charge in [-0.25, -0.2) is 13.2 Å². The summed E-state index contributed by atoms with van der Waals surface area (Å²) in [6.45, 7) is 20.7. The second kappa shape index (κ2) is 11.5. The molecule has 0 aromatic heterocycles. The van der Waals surface area contributed by atoms with E-state index in [1.54, 1.807) is 13.0 Å². The van der Waals surface area contributed by atoms with Gasteiger partial charge in [-0.1, -0.05) is 45.7 Å². The van der Waals surface area contributed by atoms with Gasteiger partial charge in [0.25, 0.3) is 0 Å². The van der Waals surface area contributed by atoms with Crippen LogP contribution in [0.2, 0.25) is 0 Å². The molecule has 1 saturated carbocycles. The van der Waals surface area contributed by atoms with Gasteiger partial charge in [-0.05, 0) is 55.9 Å². The highest BCUT2D eigenvalue weighted by molar-refractivity contribution is 7.95. The molecule has 2 fully saturated rings. The molecule has 2 amide bonds. The quantitative estimate of drug-likeness (QED) is 0.470. The van der Waals surface area contributed by atoms with E-state index in [-0.39, 0.29) is 35.3 Å². The molecule has 1 atom stereocenters. The molecule has 34 heavy (non-hydrogen) atoms. The van der Waals surface area contributed by atoms with E-state index in [9.17, 15) is 18.0 Å². The van der Waals surface area contributed by atoms with Gasteiger partial charge in [-0.15, -0.1) is 0 Å². The van der Waals surface area contributed by atoms with Crippen molar-refractivity contribution >= 4 is 21.8 Å². The van der Waals surface area contributed by atoms with Gasteiger partial charge in [0.15, 0.2) is 9.84 Å². The maximum atomic E-state index is 13.1. The van der Waals surface area contributed by atoms with Crippen LogP contribution in [0.15, 0.2) is 72.0 Å². The van der Waals surface area contributed by atoms with Gasteiger partial charge < -0.3 is 9.64 Å². The molecule has 0 radical (unpaired) electrons. The summed E-state index contributed by atoms with van der Waals surface area (Å²) >= 11 is 0. The Hall–Kier alpha value is -2.87. The van der Waals surface area contributed by atoms with Crippen LogP contribution in [0.1, 0.15) is 52.9 Å². The normalized spacial score (nSPS) is 21.1. The molecule has 1 aliphatic carbocycles. The van der Waals surface area contributed by atoms with E-state index in [0.29, 0.717) is 22.5 Å². The third-order valence-corrected chi connectivity index (χ3v) is 7.81. The van der Waals surface area contributed by atoms with Gasteiger partial charge >= 0.3 is 6.09 Å². The molecule has 1 unspecified atom stereocenters. The Labute approximate surface area is 203 Å². The van der Waals surface area contributed by atoms with Crippen LogP contribution < -0.4 is 0 Å². The highest BCUT2D eigenvalue weighted by atomic mass is 32.2. The van der Waals surface area contributed by atoms with Crippen molar-refractivity contribution in [3.63, 3.8) is 0 Å². The van der Waals surface area contributed by atoms with Gasteiger partial charge in [-0.2, -0.15) is 0 Å². The largest absolute Gasteiger partial charge is 0.446 e. The predicted octanol–water partition coefficient (Wildman–Crippen LogP) is 5.02. The predicted molar refractivity (Wildman–Crippen MR) is 135 cm³/mol. The lowest BCUT2D eigenvalue weighted by Gasteiger charge is -2.42. The number of sulfone groups is 1. The first-order valence-electron chi connectivity index (χ1n) is 11.6. The number of nitrogens with zero attached hydrogens (tertiary/aromatic N) is 2. The molecular formula is C26H36N2O5S. The minimum absolute atomic E-state index is 0.0204. The Morgan fingerprint density at radius 1 is 1.09 bits per heavy atom. The SMILES string of the molecule is C=C(/C=C\C(=C)S(=O)(=O)CC)C(=C)/C=C1\C(=C)N(C(C)=O)C(C)CN1C(=O)OC1CCCCC1. The van der Waals surface area contributed by atoms with Crippen molar-refractivity contribution in [3.8, 4) is 0 Å². The number of ether oxygens (including phenoxy) is 1. The summed E-state index contributed by atoms with van der Waals surface area (Å²) in [5.41, 5.74) is 1.63. The number of hydrogen-bond donors (Lipinski definition) is 0. The number of carbonyl (C=O) groups is 2. The van der Waals surface area contributed by atoms with Gasteiger partial charge in [0.05, 0.1) is 28.1 Å². The van der Waals surface area contributed by atoms with Crippen molar-refractivity contribution < 1.29 is 22.7 Å². The van der Waals surface area contributed by atoms with E-state index in [0.717, 1.165) is 32.1 Å². The van der Waals surface area contributed by atoms with Crippen LogP contribution in [0, 0.1) is 0 Å². The van der Waals surface area contributed by atoms with Crippen molar-refractivity contribution in [2.75, 3.05) is 12.3 Å². The Morgan fingerprint density at radius 3 is 2.26 bits per heavy atom. The molecule has 0 aromatic carbocycles. The zero-order valence-corrected chi connectivity index (χ0v) is 21.3. The maximum absolute atomic E-state index is 13.1. The Balaban J connectivity index is 2.31. The fourth-order valence-corrected chi connectivity index (χ4v) is 4.71. The van der Waals surface area contributed by atoms with E-state index in [1.807, 2.05) is 6.92 Å². The van der Waals surface area contributed by atoms with Gasteiger partial charge in [0.1, 0.15) is 6.10 Å². The smallest absolute Gasteiger partial charge is 0.414 e. The lowest BCUT2D eigenvalue weighted by atomic mass is 9.98. The number of carbonyl (C=O) groups excluding carboxylic acids is 2. The topological polar surface area (TPSA) is 84.0 Å². The molecule has 186 valence electrons. The van der Waals surface area contributed by atoms with E-state index < -0.39 is 15.9 Å². The van der Waals surface area contributed by atoms with Crippen molar-refractivity contribution in [2.45, 2.75) is 65.0 Å². The van der Waals surface area contributed by atoms with Crippen LogP contribution in [0.25, 0.3) is 0 Å². The number of hydrogen-bond acceptors (Lipinski definition) is 5. The number of rotatable bonds is 7. The molecule has 1 saturated heterocycles. The van der Waals surface area contributed by atoms with Crippen molar-refractivity contribution in [2.24, 2.45) is 0 Å². The first kappa shape index (κ1) is 27.4. The molecular weight excluding hydrogens is 452 g/mol. The zero-order chi connectivity index (χ0) is 25.6. The summed E-state index contributed by atoms with van der Waals surface area (Å²) in [6, 6.07) is -0.278. The molecule has 7 nitrogen and oxygen atoms in total. The minimum atomic E-state index is -3.41. The second-order valence-corrected chi connectivity index (χ2v) is 11.1. The maximum Gasteiger partial charge on any atom is 0.414 e. The summed E-state index contributed by atoms with van der Waals surface area (Å²) in [5.74, 6) is -0.237. The standard InChI is InChI=1S/C26H36N2O5S/c1-8-34(31,32)21(5)15-14-18(2)19(3)16-25-22(6)28(23(7)29)20(4)17-27(25)26(30)33-24-12-10-9-11-13-24/h14-16,20,24H,2-3,5-6,8-13,17H2,1,4,7H3/b15-14-,25-16+. The highest BCUT2D eigenvalue weighted by Gasteiger charge is 2.36. The lowest BCUT2D eigenvalue weighted by molar-refractivity contribution is -0.129.